The number of aryl methyl sites for hydroxylation is 3. The van der Waals surface area contributed by atoms with Crippen LogP contribution in [0.3, 0.4) is 0 Å². The van der Waals surface area contributed by atoms with Crippen molar-refractivity contribution in [3.63, 3.8) is 0 Å². The second-order valence-electron chi connectivity index (χ2n) is 8.33. The summed E-state index contributed by atoms with van der Waals surface area (Å²) >= 11 is 0. The van der Waals surface area contributed by atoms with E-state index >= 15 is 0 Å². The van der Waals surface area contributed by atoms with Crippen LogP contribution >= 0.6 is 0 Å². The largest absolute Gasteiger partial charge is 0.338 e. The molecule has 1 aromatic heterocycles. The Morgan fingerprint density at radius 3 is 2.58 bits per heavy atom. The summed E-state index contributed by atoms with van der Waals surface area (Å²) in [4.78, 5) is 19.7. The number of anilines is 1. The van der Waals surface area contributed by atoms with Gasteiger partial charge in [0.1, 0.15) is 0 Å². The molecule has 1 amide bonds. The zero-order valence-electron chi connectivity index (χ0n) is 18.5. The van der Waals surface area contributed by atoms with Crippen molar-refractivity contribution < 1.29 is 9.32 Å². The van der Waals surface area contributed by atoms with Crippen LogP contribution < -0.4 is 5.32 Å². The van der Waals surface area contributed by atoms with Crippen LogP contribution in [0.4, 0.5) is 5.69 Å². The summed E-state index contributed by atoms with van der Waals surface area (Å²) in [5.41, 5.74) is 5.40. The lowest BCUT2D eigenvalue weighted by molar-refractivity contribution is -0.121. The quantitative estimate of drug-likeness (QED) is 0.625. The Balaban J connectivity index is 1.32. The number of nitrogens with one attached hydrogen (secondary N) is 1. The van der Waals surface area contributed by atoms with Crippen LogP contribution in [0.15, 0.2) is 47.0 Å². The zero-order valence-corrected chi connectivity index (χ0v) is 18.5. The highest BCUT2D eigenvalue weighted by Gasteiger charge is 2.26. The first-order valence-corrected chi connectivity index (χ1v) is 11.1. The minimum absolute atomic E-state index is 0.0331. The van der Waals surface area contributed by atoms with Gasteiger partial charge in [0.05, 0.1) is 6.54 Å². The van der Waals surface area contributed by atoms with Gasteiger partial charge in [0.2, 0.25) is 17.6 Å². The zero-order chi connectivity index (χ0) is 21.8. The second kappa shape index (κ2) is 9.43. The van der Waals surface area contributed by atoms with Crippen molar-refractivity contribution in [1.82, 2.24) is 15.0 Å². The molecule has 0 spiro atoms. The number of rotatable bonds is 6. The van der Waals surface area contributed by atoms with Gasteiger partial charge in [-0.15, -0.1) is 0 Å². The van der Waals surface area contributed by atoms with E-state index in [2.05, 4.69) is 33.3 Å². The topological polar surface area (TPSA) is 71.3 Å². The molecule has 3 aromatic rings. The van der Waals surface area contributed by atoms with E-state index in [-0.39, 0.29) is 11.8 Å². The number of para-hydroxylation sites is 1. The van der Waals surface area contributed by atoms with Crippen LogP contribution in [0, 0.1) is 19.8 Å². The third kappa shape index (κ3) is 4.85. The van der Waals surface area contributed by atoms with Crippen molar-refractivity contribution >= 4 is 11.6 Å². The van der Waals surface area contributed by atoms with E-state index in [1.54, 1.807) is 0 Å². The first-order chi connectivity index (χ1) is 15.0. The van der Waals surface area contributed by atoms with Crippen molar-refractivity contribution in [2.24, 2.45) is 5.92 Å². The average Bonchev–Trinajstić information content (AvgIpc) is 3.24. The summed E-state index contributed by atoms with van der Waals surface area (Å²) < 4.78 is 5.49. The van der Waals surface area contributed by atoms with E-state index in [4.69, 9.17) is 4.52 Å². The predicted molar refractivity (Wildman–Crippen MR) is 122 cm³/mol. The fourth-order valence-electron chi connectivity index (χ4n) is 4.22. The number of likely N-dealkylation sites (tertiary alicyclic amines) is 1. The summed E-state index contributed by atoms with van der Waals surface area (Å²) in [6, 6.07) is 14.2. The number of hydrogen-bond acceptors (Lipinski definition) is 5. The number of piperidine rings is 1. The van der Waals surface area contributed by atoms with Gasteiger partial charge in [-0.1, -0.05) is 54.5 Å². The molecule has 1 N–H and O–H groups in total. The molecular weight excluding hydrogens is 388 g/mol. The summed E-state index contributed by atoms with van der Waals surface area (Å²) in [7, 11) is 0. The molecule has 1 fully saturated rings. The van der Waals surface area contributed by atoms with Crippen LogP contribution in [0.2, 0.25) is 0 Å². The highest BCUT2D eigenvalue weighted by molar-refractivity contribution is 5.94. The molecule has 0 bridgehead atoms. The Hall–Kier alpha value is -2.99. The molecule has 6 nitrogen and oxygen atoms in total. The van der Waals surface area contributed by atoms with Gasteiger partial charge in [-0.05, 0) is 62.9 Å². The average molecular weight is 419 g/mol. The molecule has 1 saturated heterocycles. The normalized spacial score (nSPS) is 15.2. The molecular formula is C25H30N4O2. The van der Waals surface area contributed by atoms with E-state index < -0.39 is 0 Å². The number of carbonyl (C=O) groups is 1. The van der Waals surface area contributed by atoms with Crippen LogP contribution in [0.5, 0.6) is 0 Å². The monoisotopic (exact) mass is 418 g/mol. The highest BCUT2D eigenvalue weighted by Crippen LogP contribution is 2.25. The summed E-state index contributed by atoms with van der Waals surface area (Å²) in [5, 5.41) is 7.34. The minimum atomic E-state index is 0.0331. The standard InChI is InChI=1S/C25H30N4O2/c1-4-19-10-7-9-18(3)23(19)27-25(30)20-12-14-29(15-13-20)16-22-26-24(28-31-22)21-11-6-5-8-17(21)2/h5-11,20H,4,12-16H2,1-3H3,(H,27,30). The number of benzene rings is 2. The lowest BCUT2D eigenvalue weighted by atomic mass is 9.95. The SMILES string of the molecule is CCc1cccc(C)c1NC(=O)C1CCN(Cc2nc(-c3ccccc3C)no2)CC1. The van der Waals surface area contributed by atoms with Gasteiger partial charge in [0.15, 0.2) is 0 Å². The molecule has 1 aliphatic heterocycles. The fraction of sp³-hybridized carbons (Fsp3) is 0.400. The van der Waals surface area contributed by atoms with Crippen molar-refractivity contribution in [3.8, 4) is 11.4 Å². The second-order valence-corrected chi connectivity index (χ2v) is 8.33. The summed E-state index contributed by atoms with van der Waals surface area (Å²) in [6.07, 6.45) is 2.57. The summed E-state index contributed by atoms with van der Waals surface area (Å²) in [6.45, 7) is 8.51. The van der Waals surface area contributed by atoms with Crippen molar-refractivity contribution in [2.45, 2.75) is 46.6 Å². The molecule has 4 rings (SSSR count). The molecule has 31 heavy (non-hydrogen) atoms. The smallest absolute Gasteiger partial charge is 0.241 e. The highest BCUT2D eigenvalue weighted by atomic mass is 16.5. The number of amides is 1. The molecule has 6 heteroatoms. The number of hydrogen-bond donors (Lipinski definition) is 1. The Bertz CT molecular complexity index is 1050. The molecule has 0 unspecified atom stereocenters. The van der Waals surface area contributed by atoms with Crippen LogP contribution in [-0.2, 0) is 17.8 Å². The summed E-state index contributed by atoms with van der Waals surface area (Å²) in [5.74, 6) is 1.41. The maximum Gasteiger partial charge on any atom is 0.241 e. The molecule has 0 saturated carbocycles. The van der Waals surface area contributed by atoms with Gasteiger partial charge in [0, 0.05) is 17.2 Å². The lowest BCUT2D eigenvalue weighted by Gasteiger charge is -2.30. The molecule has 1 aliphatic rings. The van der Waals surface area contributed by atoms with Crippen molar-refractivity contribution in [1.29, 1.82) is 0 Å². The lowest BCUT2D eigenvalue weighted by Crippen LogP contribution is -2.38. The van der Waals surface area contributed by atoms with Gasteiger partial charge >= 0.3 is 0 Å². The Morgan fingerprint density at radius 1 is 1.10 bits per heavy atom. The van der Waals surface area contributed by atoms with Crippen molar-refractivity contribution in [2.75, 3.05) is 18.4 Å². The molecule has 2 aromatic carbocycles. The van der Waals surface area contributed by atoms with Crippen LogP contribution in [0.1, 0.15) is 42.3 Å². The predicted octanol–water partition coefficient (Wildman–Crippen LogP) is 4.77. The molecule has 162 valence electrons. The maximum absolute atomic E-state index is 12.9. The van der Waals surface area contributed by atoms with Gasteiger partial charge in [0.25, 0.3) is 0 Å². The number of nitrogens with zero attached hydrogens (tertiary/aromatic N) is 3. The maximum atomic E-state index is 12.9. The Labute approximate surface area is 183 Å². The molecule has 0 radical (unpaired) electrons. The van der Waals surface area contributed by atoms with Gasteiger partial charge < -0.3 is 9.84 Å². The van der Waals surface area contributed by atoms with E-state index in [0.29, 0.717) is 18.3 Å². The molecule has 0 aliphatic carbocycles. The fourth-order valence-corrected chi connectivity index (χ4v) is 4.22. The number of aromatic nitrogens is 2. The third-order valence-corrected chi connectivity index (χ3v) is 6.16. The molecule has 0 atom stereocenters. The molecule has 2 heterocycles. The Morgan fingerprint density at radius 2 is 1.84 bits per heavy atom. The number of carbonyl (C=O) groups excluding carboxylic acids is 1. The van der Waals surface area contributed by atoms with E-state index in [1.807, 2.05) is 50.2 Å². The Kier molecular flexibility index (Phi) is 6.47. The van der Waals surface area contributed by atoms with Crippen LogP contribution in [0.25, 0.3) is 11.4 Å². The van der Waals surface area contributed by atoms with E-state index in [1.165, 1.54) is 5.56 Å². The van der Waals surface area contributed by atoms with Gasteiger partial charge in [-0.25, -0.2) is 0 Å². The first-order valence-electron chi connectivity index (χ1n) is 11.1. The third-order valence-electron chi connectivity index (χ3n) is 6.16. The van der Waals surface area contributed by atoms with E-state index in [0.717, 1.165) is 54.7 Å². The van der Waals surface area contributed by atoms with E-state index in [9.17, 15) is 4.79 Å². The van der Waals surface area contributed by atoms with Crippen LogP contribution in [-0.4, -0.2) is 34.0 Å². The van der Waals surface area contributed by atoms with Crippen molar-refractivity contribution in [3.05, 3.63) is 65.0 Å². The van der Waals surface area contributed by atoms with Gasteiger partial charge in [-0.2, -0.15) is 4.98 Å². The first kappa shape index (κ1) is 21.2. The minimum Gasteiger partial charge on any atom is -0.338 e. The van der Waals surface area contributed by atoms with Gasteiger partial charge in [-0.3, -0.25) is 9.69 Å².